The van der Waals surface area contributed by atoms with Crippen molar-refractivity contribution in [2.24, 2.45) is 0 Å². The molecule has 4 nitrogen and oxygen atoms in total. The van der Waals surface area contributed by atoms with E-state index in [0.29, 0.717) is 23.9 Å². The van der Waals surface area contributed by atoms with Crippen molar-refractivity contribution >= 4 is 17.3 Å². The van der Waals surface area contributed by atoms with Crippen molar-refractivity contribution in [3.63, 3.8) is 0 Å². The molecule has 1 aromatic rings. The quantitative estimate of drug-likeness (QED) is 0.801. The molecule has 0 aliphatic carbocycles. The van der Waals surface area contributed by atoms with Crippen LogP contribution < -0.4 is 4.90 Å². The SMILES string of the molecule is CC(O)c1c(N2CCOCC2)ccnc1Cl. The highest BCUT2D eigenvalue weighted by Gasteiger charge is 2.19. The van der Waals surface area contributed by atoms with Gasteiger partial charge in [-0.2, -0.15) is 0 Å². The molecule has 1 N–H and O–H groups in total. The molecule has 1 fully saturated rings. The monoisotopic (exact) mass is 242 g/mol. The van der Waals surface area contributed by atoms with Gasteiger partial charge in [0.15, 0.2) is 0 Å². The summed E-state index contributed by atoms with van der Waals surface area (Å²) >= 11 is 6.01. The Kier molecular flexibility index (Phi) is 3.63. The van der Waals surface area contributed by atoms with E-state index in [1.165, 1.54) is 0 Å². The van der Waals surface area contributed by atoms with Crippen molar-refractivity contribution < 1.29 is 9.84 Å². The molecule has 0 spiro atoms. The van der Waals surface area contributed by atoms with E-state index in [2.05, 4.69) is 9.88 Å². The van der Waals surface area contributed by atoms with Crippen molar-refractivity contribution in [1.29, 1.82) is 0 Å². The minimum absolute atomic E-state index is 0.374. The smallest absolute Gasteiger partial charge is 0.136 e. The number of halogens is 1. The molecule has 1 unspecified atom stereocenters. The van der Waals surface area contributed by atoms with Crippen LogP contribution in [0.1, 0.15) is 18.6 Å². The van der Waals surface area contributed by atoms with Crippen LogP contribution in [0.25, 0.3) is 0 Å². The summed E-state index contributed by atoms with van der Waals surface area (Å²) in [7, 11) is 0. The molecule has 1 atom stereocenters. The summed E-state index contributed by atoms with van der Waals surface area (Å²) in [5.41, 5.74) is 1.66. The Morgan fingerprint density at radius 3 is 2.81 bits per heavy atom. The van der Waals surface area contributed by atoms with Gasteiger partial charge in [-0.05, 0) is 13.0 Å². The third kappa shape index (κ3) is 2.29. The first kappa shape index (κ1) is 11.6. The van der Waals surface area contributed by atoms with Crippen LogP contribution in [0.2, 0.25) is 5.15 Å². The summed E-state index contributed by atoms with van der Waals surface area (Å²) < 4.78 is 5.30. The summed E-state index contributed by atoms with van der Waals surface area (Å²) in [6, 6.07) is 1.89. The molecule has 16 heavy (non-hydrogen) atoms. The Balaban J connectivity index is 2.34. The maximum atomic E-state index is 9.73. The fourth-order valence-corrected chi connectivity index (χ4v) is 2.22. The molecular formula is C11H15ClN2O2. The number of hydrogen-bond acceptors (Lipinski definition) is 4. The molecule has 2 rings (SSSR count). The van der Waals surface area contributed by atoms with Gasteiger partial charge in [0.2, 0.25) is 0 Å². The van der Waals surface area contributed by atoms with Gasteiger partial charge in [0.25, 0.3) is 0 Å². The van der Waals surface area contributed by atoms with Crippen LogP contribution in [0, 0.1) is 0 Å². The van der Waals surface area contributed by atoms with E-state index >= 15 is 0 Å². The lowest BCUT2D eigenvalue weighted by Crippen LogP contribution is -2.37. The number of anilines is 1. The molecule has 5 heteroatoms. The van der Waals surface area contributed by atoms with Crippen LogP contribution in [-0.4, -0.2) is 36.4 Å². The van der Waals surface area contributed by atoms with Crippen molar-refractivity contribution in [1.82, 2.24) is 4.98 Å². The van der Waals surface area contributed by atoms with E-state index in [1.54, 1.807) is 13.1 Å². The lowest BCUT2D eigenvalue weighted by Gasteiger charge is -2.31. The number of morpholine rings is 1. The minimum atomic E-state index is -0.612. The number of aliphatic hydroxyl groups is 1. The summed E-state index contributed by atoms with van der Waals surface area (Å²) in [6.45, 7) is 4.76. The molecule has 1 aromatic heterocycles. The highest BCUT2D eigenvalue weighted by atomic mass is 35.5. The fraction of sp³-hybridized carbons (Fsp3) is 0.545. The van der Waals surface area contributed by atoms with Crippen LogP contribution in [0.15, 0.2) is 12.3 Å². The summed E-state index contributed by atoms with van der Waals surface area (Å²) in [5, 5.41) is 10.1. The molecule has 88 valence electrons. The first-order valence-electron chi connectivity index (χ1n) is 5.35. The summed E-state index contributed by atoms with van der Waals surface area (Å²) in [5.74, 6) is 0. The van der Waals surface area contributed by atoms with E-state index in [1.807, 2.05) is 6.07 Å². The van der Waals surface area contributed by atoms with Gasteiger partial charge in [-0.15, -0.1) is 0 Å². The highest BCUT2D eigenvalue weighted by molar-refractivity contribution is 6.30. The number of hydrogen-bond donors (Lipinski definition) is 1. The Morgan fingerprint density at radius 1 is 1.50 bits per heavy atom. The Morgan fingerprint density at radius 2 is 2.19 bits per heavy atom. The number of aliphatic hydroxyl groups excluding tert-OH is 1. The first-order chi connectivity index (χ1) is 7.70. The maximum absolute atomic E-state index is 9.73. The first-order valence-corrected chi connectivity index (χ1v) is 5.73. The van der Waals surface area contributed by atoms with Crippen molar-refractivity contribution in [2.45, 2.75) is 13.0 Å². The fourth-order valence-electron chi connectivity index (χ4n) is 1.90. The van der Waals surface area contributed by atoms with Gasteiger partial charge in [0.05, 0.1) is 19.3 Å². The van der Waals surface area contributed by atoms with Crippen LogP contribution in [0.5, 0.6) is 0 Å². The van der Waals surface area contributed by atoms with Gasteiger partial charge < -0.3 is 14.7 Å². The average Bonchev–Trinajstić information content (AvgIpc) is 2.29. The Labute approximate surface area is 99.8 Å². The molecule has 1 aliphatic rings. The number of nitrogens with zero attached hydrogens (tertiary/aromatic N) is 2. The zero-order valence-corrected chi connectivity index (χ0v) is 9.94. The molecule has 0 saturated carbocycles. The van der Waals surface area contributed by atoms with Gasteiger partial charge in [-0.3, -0.25) is 0 Å². The number of aromatic nitrogens is 1. The van der Waals surface area contributed by atoms with Crippen LogP contribution in [-0.2, 0) is 4.74 Å². The Bertz CT molecular complexity index is 365. The maximum Gasteiger partial charge on any atom is 0.136 e. The third-order valence-electron chi connectivity index (χ3n) is 2.69. The zero-order valence-electron chi connectivity index (χ0n) is 9.19. The molecule has 1 saturated heterocycles. The molecule has 0 amide bonds. The molecule has 1 aliphatic heterocycles. The molecule has 0 radical (unpaired) electrons. The number of ether oxygens (including phenoxy) is 1. The van der Waals surface area contributed by atoms with Crippen LogP contribution >= 0.6 is 11.6 Å². The van der Waals surface area contributed by atoms with Gasteiger partial charge in [0.1, 0.15) is 5.15 Å². The van der Waals surface area contributed by atoms with E-state index in [9.17, 15) is 5.11 Å². The van der Waals surface area contributed by atoms with Gasteiger partial charge >= 0.3 is 0 Å². The molecule has 0 bridgehead atoms. The lowest BCUT2D eigenvalue weighted by molar-refractivity contribution is 0.122. The van der Waals surface area contributed by atoms with Crippen LogP contribution in [0.3, 0.4) is 0 Å². The van der Waals surface area contributed by atoms with E-state index < -0.39 is 6.10 Å². The average molecular weight is 243 g/mol. The van der Waals surface area contributed by atoms with E-state index in [4.69, 9.17) is 16.3 Å². The predicted molar refractivity (Wildman–Crippen MR) is 62.9 cm³/mol. The highest BCUT2D eigenvalue weighted by Crippen LogP contribution is 2.31. The Hall–Kier alpha value is -0.840. The lowest BCUT2D eigenvalue weighted by atomic mass is 10.1. The standard InChI is InChI=1S/C11H15ClN2O2/c1-8(15)10-9(2-3-13-11(10)12)14-4-6-16-7-5-14/h2-3,8,15H,4-7H2,1H3. The molecule has 2 heterocycles. The normalized spacial score (nSPS) is 18.6. The molecular weight excluding hydrogens is 228 g/mol. The van der Waals surface area contributed by atoms with Gasteiger partial charge in [0, 0.05) is 30.5 Å². The largest absolute Gasteiger partial charge is 0.389 e. The third-order valence-corrected chi connectivity index (χ3v) is 2.99. The second kappa shape index (κ2) is 4.99. The summed E-state index contributed by atoms with van der Waals surface area (Å²) in [4.78, 5) is 6.17. The van der Waals surface area contributed by atoms with Crippen molar-refractivity contribution in [3.05, 3.63) is 23.0 Å². The topological polar surface area (TPSA) is 45.6 Å². The van der Waals surface area contributed by atoms with Crippen molar-refractivity contribution in [2.75, 3.05) is 31.2 Å². The minimum Gasteiger partial charge on any atom is -0.389 e. The van der Waals surface area contributed by atoms with E-state index in [0.717, 1.165) is 18.8 Å². The van der Waals surface area contributed by atoms with E-state index in [-0.39, 0.29) is 0 Å². The predicted octanol–water partition coefficient (Wildman–Crippen LogP) is 1.62. The second-order valence-electron chi connectivity index (χ2n) is 3.81. The van der Waals surface area contributed by atoms with Gasteiger partial charge in [-0.1, -0.05) is 11.6 Å². The molecule has 0 aromatic carbocycles. The van der Waals surface area contributed by atoms with Crippen LogP contribution in [0.4, 0.5) is 5.69 Å². The zero-order chi connectivity index (χ0) is 11.5. The van der Waals surface area contributed by atoms with Crippen molar-refractivity contribution in [3.8, 4) is 0 Å². The number of rotatable bonds is 2. The summed E-state index contributed by atoms with van der Waals surface area (Å²) in [6.07, 6.45) is 1.05. The second-order valence-corrected chi connectivity index (χ2v) is 4.17. The van der Waals surface area contributed by atoms with Gasteiger partial charge in [-0.25, -0.2) is 4.98 Å². The number of pyridine rings is 1.